The summed E-state index contributed by atoms with van der Waals surface area (Å²) in [5.74, 6) is -3.11. The Hall–Kier alpha value is -3.02. The summed E-state index contributed by atoms with van der Waals surface area (Å²) >= 11 is 3.74. The number of nitrogens with zero attached hydrogens (tertiary/aromatic N) is 2. The number of nitrogens with one attached hydrogen (secondary N) is 1. The lowest BCUT2D eigenvalue weighted by molar-refractivity contribution is -0.160. The van der Waals surface area contributed by atoms with E-state index in [9.17, 15) is 24.3 Å². The molecule has 0 aliphatic carbocycles. The summed E-state index contributed by atoms with van der Waals surface area (Å²) < 4.78 is 12.8. The number of likely N-dealkylation sites (tertiary alicyclic amines) is 1. The van der Waals surface area contributed by atoms with Crippen LogP contribution in [-0.4, -0.2) is 93.5 Å². The normalized spacial score (nSPS) is 27.2. The highest BCUT2D eigenvalue weighted by molar-refractivity contribution is 9.09. The van der Waals surface area contributed by atoms with Crippen LogP contribution in [0.15, 0.2) is 55.6 Å². The third-order valence-corrected chi connectivity index (χ3v) is 10.5. The number of fused-ring (bicyclic) bond motifs is 1. The molecular formula is C36H50BrN3O7. The van der Waals surface area contributed by atoms with Crippen LogP contribution in [0.25, 0.3) is 0 Å². The Bertz CT molecular complexity index is 1280. The second-order valence-electron chi connectivity index (χ2n) is 12.9. The zero-order chi connectivity index (χ0) is 34.1. The van der Waals surface area contributed by atoms with E-state index in [0.29, 0.717) is 50.8 Å². The largest absolute Gasteiger partial charge is 0.455 e. The molecular weight excluding hydrogens is 666 g/mol. The van der Waals surface area contributed by atoms with E-state index in [4.69, 9.17) is 9.47 Å². The number of carbonyl (C=O) groups excluding carboxylic acids is 4. The molecule has 3 aliphatic rings. The maximum atomic E-state index is 14.6. The van der Waals surface area contributed by atoms with Gasteiger partial charge in [0.1, 0.15) is 17.7 Å². The van der Waals surface area contributed by atoms with Crippen molar-refractivity contribution in [3.05, 3.63) is 61.2 Å². The summed E-state index contributed by atoms with van der Waals surface area (Å²) in [4.78, 5) is 58.8. The molecule has 2 unspecified atom stereocenters. The molecule has 2 N–H and O–H groups in total. The number of alkyl halides is 1. The topological polar surface area (TPSA) is 125 Å². The van der Waals surface area contributed by atoms with E-state index in [1.54, 1.807) is 22.0 Å². The van der Waals surface area contributed by atoms with Crippen molar-refractivity contribution in [2.45, 2.75) is 99.9 Å². The summed E-state index contributed by atoms with van der Waals surface area (Å²) in [5.41, 5.74) is -0.500. The number of esters is 1. The van der Waals surface area contributed by atoms with Crippen molar-refractivity contribution < 1.29 is 33.8 Å². The van der Waals surface area contributed by atoms with Gasteiger partial charge in [-0.1, -0.05) is 71.8 Å². The van der Waals surface area contributed by atoms with Crippen molar-refractivity contribution in [1.82, 2.24) is 15.1 Å². The second kappa shape index (κ2) is 16.9. The van der Waals surface area contributed by atoms with Crippen molar-refractivity contribution >= 4 is 39.6 Å². The van der Waals surface area contributed by atoms with Crippen LogP contribution in [0.5, 0.6) is 0 Å². The number of amides is 3. The molecule has 0 saturated carbocycles. The monoisotopic (exact) mass is 715 g/mol. The highest BCUT2D eigenvalue weighted by Gasteiger charge is 2.77. The molecule has 2 bridgehead atoms. The lowest BCUT2D eigenvalue weighted by Gasteiger charge is -2.39. The Morgan fingerprint density at radius 2 is 1.96 bits per heavy atom. The zero-order valence-corrected chi connectivity index (χ0v) is 29.2. The van der Waals surface area contributed by atoms with Gasteiger partial charge in [0.25, 0.3) is 0 Å². The zero-order valence-electron chi connectivity index (χ0n) is 27.7. The Morgan fingerprint density at radius 3 is 2.62 bits per heavy atom. The summed E-state index contributed by atoms with van der Waals surface area (Å²) in [7, 11) is 0. The van der Waals surface area contributed by atoms with Crippen LogP contribution >= 0.6 is 15.9 Å². The Morgan fingerprint density at radius 1 is 1.21 bits per heavy atom. The van der Waals surface area contributed by atoms with Gasteiger partial charge in [0.15, 0.2) is 0 Å². The fourth-order valence-corrected chi connectivity index (χ4v) is 8.43. The second-order valence-corrected chi connectivity index (χ2v) is 14.0. The first-order valence-electron chi connectivity index (χ1n) is 16.9. The predicted molar refractivity (Wildman–Crippen MR) is 182 cm³/mol. The fourth-order valence-electron chi connectivity index (χ4n) is 7.49. The molecule has 3 saturated heterocycles. The smallest absolute Gasteiger partial charge is 0.313 e. The van der Waals surface area contributed by atoms with Gasteiger partial charge in [-0.05, 0) is 51.0 Å². The van der Waals surface area contributed by atoms with E-state index >= 15 is 0 Å². The number of ether oxygens (including phenoxy) is 2. The maximum Gasteiger partial charge on any atom is 0.313 e. The molecule has 10 nitrogen and oxygen atoms in total. The van der Waals surface area contributed by atoms with E-state index < -0.39 is 41.7 Å². The number of carbonyl (C=O) groups is 4. The van der Waals surface area contributed by atoms with Crippen molar-refractivity contribution in [2.75, 3.05) is 26.2 Å². The Kier molecular flexibility index (Phi) is 13.2. The quantitative estimate of drug-likeness (QED) is 0.0938. The van der Waals surface area contributed by atoms with E-state index in [2.05, 4.69) is 41.3 Å². The van der Waals surface area contributed by atoms with Gasteiger partial charge in [0.2, 0.25) is 17.7 Å². The standard InChI is InChI=1S/C36H50BrN3O7/c1-5-8-18-28(42)38-23-27(25-16-11-9-12-17-25)46-35(45)29-30-33(43)40(20-13-10-14-21-41)32(36(30)22-26(37)31(29)47-36)34(44)39(19-7-3)24(4)15-6-2/h5,7,9,11-12,16-17,24,26-27,29-32,41H,1,3,6,8,10,13-15,18-23H2,2,4H3,(H,38,42)/t24?,26?,27-,29-,30+,31-,32-,36+/m0/s1. The van der Waals surface area contributed by atoms with Gasteiger partial charge in [0, 0.05) is 37.0 Å². The third kappa shape index (κ3) is 7.84. The van der Waals surface area contributed by atoms with Gasteiger partial charge < -0.3 is 29.7 Å². The van der Waals surface area contributed by atoms with Crippen molar-refractivity contribution in [3.8, 4) is 0 Å². The highest BCUT2D eigenvalue weighted by Crippen LogP contribution is 2.60. The number of aliphatic hydroxyl groups is 1. The van der Waals surface area contributed by atoms with Crippen LogP contribution in [0.2, 0.25) is 0 Å². The minimum Gasteiger partial charge on any atom is -0.455 e. The first-order chi connectivity index (χ1) is 22.6. The predicted octanol–water partition coefficient (Wildman–Crippen LogP) is 4.47. The summed E-state index contributed by atoms with van der Waals surface area (Å²) in [6.45, 7) is 12.4. The molecule has 47 heavy (non-hydrogen) atoms. The van der Waals surface area contributed by atoms with E-state index in [-0.39, 0.29) is 48.2 Å². The molecule has 3 fully saturated rings. The number of rotatable bonds is 19. The molecule has 8 atom stereocenters. The highest BCUT2D eigenvalue weighted by atomic mass is 79.9. The minimum atomic E-state index is -1.21. The Balaban J connectivity index is 1.66. The fraction of sp³-hybridized carbons (Fsp3) is 0.611. The molecule has 1 aromatic rings. The minimum absolute atomic E-state index is 0.0474. The van der Waals surface area contributed by atoms with E-state index in [1.807, 2.05) is 37.3 Å². The lowest BCUT2D eigenvalue weighted by atomic mass is 9.70. The van der Waals surface area contributed by atoms with Crippen molar-refractivity contribution in [1.29, 1.82) is 0 Å². The maximum absolute atomic E-state index is 14.6. The lowest BCUT2D eigenvalue weighted by Crippen LogP contribution is -2.58. The number of aliphatic hydroxyl groups excluding tert-OH is 1. The van der Waals surface area contributed by atoms with E-state index in [1.165, 1.54) is 0 Å². The third-order valence-electron chi connectivity index (χ3n) is 9.69. The van der Waals surface area contributed by atoms with E-state index in [0.717, 1.165) is 12.8 Å². The average Bonchev–Trinajstić information content (AvgIpc) is 3.66. The SMILES string of the molecule is C=CCCC(=O)NC[C@H](OC(=O)[C@@H]1[C@H]2O[C@@]3(CC2Br)[C@H](C(=O)N(CC=C)C(C)CCC)N(CCCCCO)C(=O)[C@@H]13)c1ccccc1. The van der Waals surface area contributed by atoms with Crippen LogP contribution in [-0.2, 0) is 28.7 Å². The molecule has 1 spiro atoms. The van der Waals surface area contributed by atoms with Crippen LogP contribution in [0, 0.1) is 11.8 Å². The van der Waals surface area contributed by atoms with Crippen molar-refractivity contribution in [3.63, 3.8) is 0 Å². The first-order valence-corrected chi connectivity index (χ1v) is 17.8. The summed E-state index contributed by atoms with van der Waals surface area (Å²) in [6.07, 6.45) is 6.66. The molecule has 11 heteroatoms. The number of hydrogen-bond donors (Lipinski definition) is 2. The molecule has 0 radical (unpaired) electrons. The number of benzene rings is 1. The average molecular weight is 717 g/mol. The van der Waals surface area contributed by atoms with Crippen LogP contribution < -0.4 is 5.32 Å². The summed E-state index contributed by atoms with van der Waals surface area (Å²) in [6, 6.07) is 8.18. The van der Waals surface area contributed by atoms with Gasteiger partial charge in [0.05, 0.1) is 24.5 Å². The number of unbranched alkanes of at least 4 members (excludes halogenated alkanes) is 2. The molecule has 3 heterocycles. The molecule has 4 rings (SSSR count). The molecule has 258 valence electrons. The first kappa shape index (κ1) is 36.8. The summed E-state index contributed by atoms with van der Waals surface area (Å²) in [5, 5.41) is 12.2. The van der Waals surface area contributed by atoms with Gasteiger partial charge in [-0.25, -0.2) is 0 Å². The number of allylic oxidation sites excluding steroid dienone is 1. The number of halogens is 1. The molecule has 3 aliphatic heterocycles. The van der Waals surface area contributed by atoms with Gasteiger partial charge in [-0.15, -0.1) is 13.2 Å². The van der Waals surface area contributed by atoms with Crippen LogP contribution in [0.1, 0.15) is 76.9 Å². The van der Waals surface area contributed by atoms with Gasteiger partial charge in [-0.2, -0.15) is 0 Å². The van der Waals surface area contributed by atoms with Gasteiger partial charge >= 0.3 is 5.97 Å². The molecule has 3 amide bonds. The molecule has 0 aromatic heterocycles. The Labute approximate surface area is 287 Å². The number of hydrogen-bond acceptors (Lipinski definition) is 7. The van der Waals surface area contributed by atoms with Gasteiger partial charge in [-0.3, -0.25) is 19.2 Å². The van der Waals surface area contributed by atoms with Crippen LogP contribution in [0.3, 0.4) is 0 Å². The molecule has 1 aromatic carbocycles. The van der Waals surface area contributed by atoms with Crippen molar-refractivity contribution in [2.24, 2.45) is 11.8 Å². The van der Waals surface area contributed by atoms with Crippen LogP contribution in [0.4, 0.5) is 0 Å².